The van der Waals surface area contributed by atoms with Crippen molar-refractivity contribution in [3.8, 4) is 0 Å². The lowest BCUT2D eigenvalue weighted by molar-refractivity contribution is 0.618. The van der Waals surface area contributed by atoms with Crippen molar-refractivity contribution in [2.75, 3.05) is 5.88 Å². The zero-order chi connectivity index (χ0) is 15.0. The van der Waals surface area contributed by atoms with E-state index in [1.54, 1.807) is 0 Å². The monoisotopic (exact) mass is 319 g/mol. The summed E-state index contributed by atoms with van der Waals surface area (Å²) in [6.45, 7) is 6.54. The van der Waals surface area contributed by atoms with E-state index in [1.165, 1.54) is 15.3 Å². The largest absolute Gasteiger partial charge is 0.305 e. The van der Waals surface area contributed by atoms with Gasteiger partial charge in [0.05, 0.1) is 6.04 Å². The standard InChI is InChI=1S/C16H18ClN3S/c1-10-9-13(12(3)21-10)11(2)20-15(6-7-17)19-14-5-4-8-18-16(14)20/h4-5,8-9,11H,6-7H2,1-3H3. The third-order valence-electron chi connectivity index (χ3n) is 3.76. The Morgan fingerprint density at radius 1 is 1.38 bits per heavy atom. The number of aromatic nitrogens is 3. The quantitative estimate of drug-likeness (QED) is 0.663. The Kier molecular flexibility index (Phi) is 4.00. The maximum atomic E-state index is 5.95. The summed E-state index contributed by atoms with van der Waals surface area (Å²) in [6, 6.07) is 6.42. The molecule has 0 aliphatic rings. The average Bonchev–Trinajstić information content (AvgIpc) is 2.98. The van der Waals surface area contributed by atoms with E-state index in [4.69, 9.17) is 16.6 Å². The van der Waals surface area contributed by atoms with Gasteiger partial charge in [0, 0.05) is 28.3 Å². The molecule has 3 aromatic heterocycles. The minimum Gasteiger partial charge on any atom is -0.305 e. The van der Waals surface area contributed by atoms with Crippen LogP contribution in [0.2, 0.25) is 0 Å². The fraction of sp³-hybridized carbons (Fsp3) is 0.375. The number of pyridine rings is 1. The summed E-state index contributed by atoms with van der Waals surface area (Å²) in [6.07, 6.45) is 2.58. The first-order chi connectivity index (χ1) is 10.1. The highest BCUT2D eigenvalue weighted by atomic mass is 35.5. The molecule has 110 valence electrons. The summed E-state index contributed by atoms with van der Waals surface area (Å²) in [5, 5.41) is 0. The topological polar surface area (TPSA) is 30.7 Å². The summed E-state index contributed by atoms with van der Waals surface area (Å²) in [5.41, 5.74) is 3.22. The van der Waals surface area contributed by atoms with Crippen molar-refractivity contribution in [3.63, 3.8) is 0 Å². The maximum Gasteiger partial charge on any atom is 0.160 e. The number of alkyl halides is 1. The molecule has 0 saturated heterocycles. The predicted molar refractivity (Wildman–Crippen MR) is 89.6 cm³/mol. The molecule has 0 fully saturated rings. The van der Waals surface area contributed by atoms with Gasteiger partial charge >= 0.3 is 0 Å². The second-order valence-corrected chi connectivity index (χ2v) is 7.07. The minimum absolute atomic E-state index is 0.216. The minimum atomic E-state index is 0.216. The lowest BCUT2D eigenvalue weighted by atomic mass is 10.1. The number of halogens is 1. The lowest BCUT2D eigenvalue weighted by Crippen LogP contribution is -2.12. The van der Waals surface area contributed by atoms with Crippen LogP contribution in [0, 0.1) is 13.8 Å². The van der Waals surface area contributed by atoms with Crippen molar-refractivity contribution in [1.29, 1.82) is 0 Å². The molecule has 0 aliphatic carbocycles. The van der Waals surface area contributed by atoms with Gasteiger partial charge in [-0.05, 0) is 44.5 Å². The van der Waals surface area contributed by atoms with Crippen molar-refractivity contribution in [1.82, 2.24) is 14.5 Å². The van der Waals surface area contributed by atoms with Crippen LogP contribution in [-0.2, 0) is 6.42 Å². The zero-order valence-corrected chi connectivity index (χ0v) is 14.0. The Morgan fingerprint density at radius 3 is 2.86 bits per heavy atom. The molecular weight excluding hydrogens is 302 g/mol. The van der Waals surface area contributed by atoms with E-state index in [0.29, 0.717) is 5.88 Å². The van der Waals surface area contributed by atoms with Gasteiger partial charge in [0.25, 0.3) is 0 Å². The van der Waals surface area contributed by atoms with Crippen molar-refractivity contribution in [3.05, 3.63) is 45.5 Å². The number of fused-ring (bicyclic) bond motifs is 1. The normalized spacial score (nSPS) is 13.0. The first kappa shape index (κ1) is 14.5. The van der Waals surface area contributed by atoms with Crippen molar-refractivity contribution in [2.45, 2.75) is 33.2 Å². The van der Waals surface area contributed by atoms with E-state index in [-0.39, 0.29) is 6.04 Å². The number of rotatable bonds is 4. The second kappa shape index (κ2) is 5.78. The number of imidazole rings is 1. The van der Waals surface area contributed by atoms with Gasteiger partial charge in [-0.25, -0.2) is 9.97 Å². The predicted octanol–water partition coefficient (Wildman–Crippen LogP) is 4.50. The van der Waals surface area contributed by atoms with Gasteiger partial charge in [-0.15, -0.1) is 22.9 Å². The molecule has 0 spiro atoms. The van der Waals surface area contributed by atoms with Crippen LogP contribution in [0.5, 0.6) is 0 Å². The highest BCUT2D eigenvalue weighted by molar-refractivity contribution is 7.12. The van der Waals surface area contributed by atoms with Crippen molar-refractivity contribution in [2.24, 2.45) is 0 Å². The van der Waals surface area contributed by atoms with E-state index in [9.17, 15) is 0 Å². The van der Waals surface area contributed by atoms with Crippen LogP contribution in [0.3, 0.4) is 0 Å². The van der Waals surface area contributed by atoms with Crippen LogP contribution in [0.1, 0.15) is 34.1 Å². The number of thiophene rings is 1. The van der Waals surface area contributed by atoms with Crippen molar-refractivity contribution >= 4 is 34.1 Å². The molecule has 0 amide bonds. The number of nitrogens with zero attached hydrogens (tertiary/aromatic N) is 3. The molecular formula is C16H18ClN3S. The van der Waals surface area contributed by atoms with Gasteiger partial charge in [0.1, 0.15) is 11.3 Å². The summed E-state index contributed by atoms with van der Waals surface area (Å²) in [5.74, 6) is 1.58. The molecule has 3 aromatic rings. The van der Waals surface area contributed by atoms with E-state index >= 15 is 0 Å². The molecule has 3 rings (SSSR count). The highest BCUT2D eigenvalue weighted by Gasteiger charge is 2.20. The Hall–Kier alpha value is -1.39. The molecule has 0 N–H and O–H groups in total. The lowest BCUT2D eigenvalue weighted by Gasteiger charge is -2.17. The Bertz CT molecular complexity index is 775. The van der Waals surface area contributed by atoms with Gasteiger partial charge in [0.15, 0.2) is 5.65 Å². The fourth-order valence-corrected chi connectivity index (χ4v) is 4.03. The van der Waals surface area contributed by atoms with E-state index in [0.717, 1.165) is 23.4 Å². The summed E-state index contributed by atoms with van der Waals surface area (Å²) >= 11 is 7.79. The van der Waals surface area contributed by atoms with Crippen LogP contribution in [0.4, 0.5) is 0 Å². The van der Waals surface area contributed by atoms with Gasteiger partial charge in [0.2, 0.25) is 0 Å². The molecule has 1 unspecified atom stereocenters. The van der Waals surface area contributed by atoms with Crippen LogP contribution >= 0.6 is 22.9 Å². The highest BCUT2D eigenvalue weighted by Crippen LogP contribution is 2.31. The SMILES string of the molecule is Cc1cc(C(C)n2c(CCCl)nc3cccnc32)c(C)s1. The Labute approximate surface area is 133 Å². The van der Waals surface area contributed by atoms with Crippen LogP contribution in [-0.4, -0.2) is 20.4 Å². The van der Waals surface area contributed by atoms with Crippen molar-refractivity contribution < 1.29 is 0 Å². The molecule has 1 atom stereocenters. The van der Waals surface area contributed by atoms with Gasteiger partial charge in [-0.3, -0.25) is 0 Å². The summed E-state index contributed by atoms with van der Waals surface area (Å²) in [7, 11) is 0. The van der Waals surface area contributed by atoms with E-state index in [1.807, 2.05) is 29.7 Å². The molecule has 3 nitrogen and oxygen atoms in total. The van der Waals surface area contributed by atoms with Gasteiger partial charge in [-0.2, -0.15) is 0 Å². The van der Waals surface area contributed by atoms with Crippen LogP contribution in [0.15, 0.2) is 24.4 Å². The summed E-state index contributed by atoms with van der Waals surface area (Å²) < 4.78 is 2.23. The summed E-state index contributed by atoms with van der Waals surface area (Å²) in [4.78, 5) is 11.9. The van der Waals surface area contributed by atoms with E-state index < -0.39 is 0 Å². The molecule has 3 heterocycles. The van der Waals surface area contributed by atoms with Crippen LogP contribution in [0.25, 0.3) is 11.2 Å². The number of hydrogen-bond acceptors (Lipinski definition) is 3. The molecule has 0 aliphatic heterocycles. The third-order valence-corrected chi connectivity index (χ3v) is 4.93. The first-order valence-electron chi connectivity index (χ1n) is 7.06. The maximum absolute atomic E-state index is 5.95. The van der Waals surface area contributed by atoms with Gasteiger partial charge < -0.3 is 4.57 Å². The molecule has 5 heteroatoms. The van der Waals surface area contributed by atoms with Crippen LogP contribution < -0.4 is 0 Å². The molecule has 0 bridgehead atoms. The third kappa shape index (κ3) is 2.58. The molecule has 21 heavy (non-hydrogen) atoms. The zero-order valence-electron chi connectivity index (χ0n) is 12.4. The number of hydrogen-bond donors (Lipinski definition) is 0. The molecule has 0 saturated carbocycles. The smallest absolute Gasteiger partial charge is 0.160 e. The molecule has 0 radical (unpaired) electrons. The second-order valence-electron chi connectivity index (χ2n) is 5.23. The Morgan fingerprint density at radius 2 is 2.19 bits per heavy atom. The number of aryl methyl sites for hydroxylation is 3. The van der Waals surface area contributed by atoms with Gasteiger partial charge in [-0.1, -0.05) is 0 Å². The molecule has 0 aromatic carbocycles. The first-order valence-corrected chi connectivity index (χ1v) is 8.41. The average molecular weight is 320 g/mol. The Balaban J connectivity index is 2.17. The van der Waals surface area contributed by atoms with E-state index in [2.05, 4.69) is 36.4 Å². The fourth-order valence-electron chi connectivity index (χ4n) is 2.85.